The highest BCUT2D eigenvalue weighted by atomic mass is 32.1. The zero-order chi connectivity index (χ0) is 30.1. The fraction of sp³-hybridized carbons (Fsp3) is 0.739. The molecule has 12 N–H and O–H groups in total. The minimum Gasteiger partial charge on any atom is -0.480 e. The zero-order valence-corrected chi connectivity index (χ0v) is 23.2. The summed E-state index contributed by atoms with van der Waals surface area (Å²) >= 11 is 3.91. The summed E-state index contributed by atoms with van der Waals surface area (Å²) in [5, 5.41) is 28.6. The van der Waals surface area contributed by atoms with E-state index in [0.717, 1.165) is 0 Å². The van der Waals surface area contributed by atoms with E-state index in [9.17, 15) is 39.0 Å². The molecule has 0 aliphatic rings. The van der Waals surface area contributed by atoms with Crippen molar-refractivity contribution in [1.82, 2.24) is 21.3 Å². The van der Waals surface area contributed by atoms with Crippen LogP contribution in [0.4, 0.5) is 0 Å². The van der Waals surface area contributed by atoms with Gasteiger partial charge < -0.3 is 48.7 Å². The number of primary amides is 1. The molecule has 0 bridgehead atoms. The van der Waals surface area contributed by atoms with Crippen molar-refractivity contribution in [2.75, 3.05) is 18.9 Å². The summed E-state index contributed by atoms with van der Waals surface area (Å²) in [6.45, 7) is 3.14. The minimum absolute atomic E-state index is 0.000287. The Morgan fingerprint density at radius 2 is 1.31 bits per heavy atom. The molecule has 0 unspecified atom stereocenters. The third-order valence-corrected chi connectivity index (χ3v) is 5.96. The van der Waals surface area contributed by atoms with Crippen molar-refractivity contribution in [3.63, 3.8) is 0 Å². The fourth-order valence-corrected chi connectivity index (χ4v) is 3.55. The number of hydrogen-bond donors (Lipinski definition) is 10. The predicted molar refractivity (Wildman–Crippen MR) is 145 cm³/mol. The molecule has 5 atom stereocenters. The van der Waals surface area contributed by atoms with E-state index >= 15 is 0 Å². The van der Waals surface area contributed by atoms with E-state index in [1.807, 2.05) is 0 Å². The zero-order valence-electron chi connectivity index (χ0n) is 22.4. The fourth-order valence-electron chi connectivity index (χ4n) is 3.38. The number of aliphatic hydroxyl groups is 1. The number of unbranched alkanes of at least 4 members (excludes halogenated alkanes) is 1. The van der Waals surface area contributed by atoms with E-state index in [1.54, 1.807) is 13.8 Å². The number of amides is 5. The molecule has 0 saturated carbocycles. The van der Waals surface area contributed by atoms with Crippen LogP contribution in [0, 0.1) is 5.92 Å². The van der Waals surface area contributed by atoms with Crippen molar-refractivity contribution >= 4 is 48.1 Å². The van der Waals surface area contributed by atoms with Gasteiger partial charge in [0.05, 0.1) is 12.6 Å². The van der Waals surface area contributed by atoms with Crippen LogP contribution < -0.4 is 38.5 Å². The Bertz CT molecular complexity index is 845. The van der Waals surface area contributed by atoms with Crippen LogP contribution in [-0.2, 0) is 28.8 Å². The van der Waals surface area contributed by atoms with Crippen molar-refractivity contribution in [2.45, 2.75) is 82.6 Å². The number of carbonyl (C=O) groups excluding carboxylic acids is 5. The number of hydrogen-bond acceptors (Lipinski definition) is 10. The van der Waals surface area contributed by atoms with E-state index in [2.05, 4.69) is 33.9 Å². The number of aliphatic hydroxyl groups excluding tert-OH is 1. The summed E-state index contributed by atoms with van der Waals surface area (Å²) in [4.78, 5) is 73.6. The van der Waals surface area contributed by atoms with Crippen LogP contribution in [0.5, 0.6) is 0 Å². The summed E-state index contributed by atoms with van der Waals surface area (Å²) in [5.74, 6) is -5.30. The summed E-state index contributed by atoms with van der Waals surface area (Å²) in [6.07, 6.45) is 0.734. The first-order chi connectivity index (χ1) is 18.3. The van der Waals surface area contributed by atoms with Crippen LogP contribution in [0.3, 0.4) is 0 Å². The van der Waals surface area contributed by atoms with Crippen LogP contribution in [0.15, 0.2) is 0 Å². The average Bonchev–Trinajstić information content (AvgIpc) is 2.86. The van der Waals surface area contributed by atoms with Gasteiger partial charge >= 0.3 is 5.97 Å². The van der Waals surface area contributed by atoms with Gasteiger partial charge in [0.1, 0.15) is 24.2 Å². The van der Waals surface area contributed by atoms with E-state index < -0.39 is 72.3 Å². The molecule has 0 saturated heterocycles. The van der Waals surface area contributed by atoms with Crippen molar-refractivity contribution in [2.24, 2.45) is 23.1 Å². The Hall–Kier alpha value is -2.95. The van der Waals surface area contributed by atoms with Crippen LogP contribution in [0.2, 0.25) is 0 Å². The lowest BCUT2D eigenvalue weighted by Gasteiger charge is -2.26. The summed E-state index contributed by atoms with van der Waals surface area (Å²) in [7, 11) is 0. The van der Waals surface area contributed by atoms with Gasteiger partial charge in [-0.25, -0.2) is 4.79 Å². The van der Waals surface area contributed by atoms with Gasteiger partial charge in [-0.1, -0.05) is 13.8 Å². The topological polar surface area (TPSA) is 269 Å². The third-order valence-electron chi connectivity index (χ3n) is 5.56. The highest BCUT2D eigenvalue weighted by Gasteiger charge is 2.31. The quantitative estimate of drug-likeness (QED) is 0.0508. The molecule has 39 heavy (non-hydrogen) atoms. The number of nitrogens with two attached hydrogens (primary N) is 3. The number of carboxylic acids is 1. The lowest BCUT2D eigenvalue weighted by molar-refractivity contribution is -0.142. The van der Waals surface area contributed by atoms with Crippen LogP contribution in [-0.4, -0.2) is 94.8 Å². The van der Waals surface area contributed by atoms with E-state index in [1.165, 1.54) is 0 Å². The molecule has 0 aliphatic heterocycles. The SMILES string of the molecule is CC(C)C[C@H](NC(=O)[C@H](CCCCN)NC(=O)[C@H](CO)NC(=O)[C@@H](N)CS)C(=O)N[C@@H](CCC(N)=O)C(=O)O. The van der Waals surface area contributed by atoms with Gasteiger partial charge in [-0.05, 0) is 44.6 Å². The summed E-state index contributed by atoms with van der Waals surface area (Å²) in [5.41, 5.74) is 16.2. The molecule has 0 fully saturated rings. The number of aliphatic carboxylic acids is 1. The maximum Gasteiger partial charge on any atom is 0.326 e. The maximum absolute atomic E-state index is 13.2. The van der Waals surface area contributed by atoms with Crippen molar-refractivity contribution < 1.29 is 39.0 Å². The van der Waals surface area contributed by atoms with Gasteiger partial charge in [-0.2, -0.15) is 12.6 Å². The molecule has 0 aromatic rings. The van der Waals surface area contributed by atoms with Crippen LogP contribution in [0.1, 0.15) is 52.4 Å². The number of carbonyl (C=O) groups is 6. The van der Waals surface area contributed by atoms with Crippen LogP contribution >= 0.6 is 12.6 Å². The number of thiol groups is 1. The Morgan fingerprint density at radius 3 is 1.79 bits per heavy atom. The Labute approximate surface area is 233 Å². The molecule has 5 amide bonds. The van der Waals surface area contributed by atoms with Crippen molar-refractivity contribution in [3.05, 3.63) is 0 Å². The molecule has 15 nitrogen and oxygen atoms in total. The molecule has 0 rings (SSSR count). The smallest absolute Gasteiger partial charge is 0.326 e. The van der Waals surface area contributed by atoms with Gasteiger partial charge in [0, 0.05) is 12.2 Å². The van der Waals surface area contributed by atoms with Gasteiger partial charge in [0.2, 0.25) is 29.5 Å². The monoisotopic (exact) mass is 577 g/mol. The third kappa shape index (κ3) is 14.7. The number of carboxylic acid groups (broad SMARTS) is 1. The average molecular weight is 578 g/mol. The predicted octanol–water partition coefficient (Wildman–Crippen LogP) is -3.30. The second-order valence-electron chi connectivity index (χ2n) is 9.47. The highest BCUT2D eigenvalue weighted by Crippen LogP contribution is 2.09. The van der Waals surface area contributed by atoms with Gasteiger partial charge in [-0.15, -0.1) is 0 Å². The molecule has 0 aromatic carbocycles. The molecule has 16 heteroatoms. The first-order valence-electron chi connectivity index (χ1n) is 12.7. The number of nitrogens with one attached hydrogen (secondary N) is 4. The summed E-state index contributed by atoms with van der Waals surface area (Å²) in [6, 6.07) is -6.16. The largest absolute Gasteiger partial charge is 0.480 e. The van der Waals surface area contributed by atoms with Gasteiger partial charge in [0.25, 0.3) is 0 Å². The maximum atomic E-state index is 13.2. The molecular formula is C23H43N7O8S. The molecule has 0 spiro atoms. The molecule has 224 valence electrons. The lowest BCUT2D eigenvalue weighted by atomic mass is 10.0. The molecule has 0 heterocycles. The van der Waals surface area contributed by atoms with Crippen molar-refractivity contribution in [1.29, 1.82) is 0 Å². The van der Waals surface area contributed by atoms with Crippen LogP contribution in [0.25, 0.3) is 0 Å². The van der Waals surface area contributed by atoms with E-state index in [4.69, 9.17) is 17.2 Å². The van der Waals surface area contributed by atoms with Gasteiger partial charge in [-0.3, -0.25) is 24.0 Å². The molecule has 0 radical (unpaired) electrons. The summed E-state index contributed by atoms with van der Waals surface area (Å²) < 4.78 is 0. The Balaban J connectivity index is 5.69. The van der Waals surface area contributed by atoms with E-state index in [0.29, 0.717) is 19.4 Å². The minimum atomic E-state index is -1.41. The van der Waals surface area contributed by atoms with Gasteiger partial charge in [0.15, 0.2) is 0 Å². The number of rotatable bonds is 20. The Kier molecular flexibility index (Phi) is 17.7. The highest BCUT2D eigenvalue weighted by molar-refractivity contribution is 7.80. The van der Waals surface area contributed by atoms with E-state index in [-0.39, 0.29) is 37.4 Å². The standard InChI is InChI=1S/C23H43N7O8S/c1-12(2)9-16(21(35)28-15(23(37)38)6-7-18(26)32)29-20(34)14(5-3-4-8-24)27-22(36)17(10-31)30-19(33)13(25)11-39/h12-17,31,39H,3-11,24-25H2,1-2H3,(H2,26,32)(H,27,36)(H,28,35)(H,29,34)(H,30,33)(H,37,38)/t13-,14-,15-,16-,17-/m0/s1. The molecule has 0 aromatic heterocycles. The molecular weight excluding hydrogens is 534 g/mol. The normalized spacial score (nSPS) is 14.8. The molecule has 0 aliphatic carbocycles. The second-order valence-corrected chi connectivity index (χ2v) is 9.84. The first-order valence-corrected chi connectivity index (χ1v) is 13.3. The lowest BCUT2D eigenvalue weighted by Crippen LogP contribution is -2.59. The first kappa shape index (κ1) is 36.0. The second kappa shape index (κ2) is 19.2. The Morgan fingerprint density at radius 1 is 0.795 bits per heavy atom. The van der Waals surface area contributed by atoms with Crippen molar-refractivity contribution in [3.8, 4) is 0 Å².